The smallest absolute Gasteiger partial charge is 0.288 e. The zero-order valence-electron chi connectivity index (χ0n) is 16.3. The van der Waals surface area contributed by atoms with Gasteiger partial charge in [0.2, 0.25) is 11.8 Å². The second-order valence-electron chi connectivity index (χ2n) is 7.44. The number of likely N-dealkylation sites (tertiary alicyclic amines) is 1. The molecule has 2 amide bonds. The molecule has 1 saturated heterocycles. The molecule has 2 aromatic rings. The van der Waals surface area contributed by atoms with Gasteiger partial charge in [-0.2, -0.15) is 13.9 Å². The third-order valence-electron chi connectivity index (χ3n) is 4.96. The quantitative estimate of drug-likeness (QED) is 0.562. The van der Waals surface area contributed by atoms with Crippen molar-refractivity contribution in [3.05, 3.63) is 47.0 Å². The van der Waals surface area contributed by atoms with Gasteiger partial charge in [-0.25, -0.2) is 13.2 Å². The Balaban J connectivity index is 1.93. The summed E-state index contributed by atoms with van der Waals surface area (Å²) in [6.07, 6.45) is 0. The van der Waals surface area contributed by atoms with Gasteiger partial charge in [0, 0.05) is 39.1 Å². The third-order valence-corrected chi connectivity index (χ3v) is 4.96. The number of aromatic amines is 1. The Morgan fingerprint density at radius 1 is 1.23 bits per heavy atom. The highest BCUT2D eigenvalue weighted by Gasteiger charge is 2.46. The number of halogens is 5. The van der Waals surface area contributed by atoms with Crippen molar-refractivity contribution >= 4 is 17.5 Å². The summed E-state index contributed by atoms with van der Waals surface area (Å²) in [6, 6.07) is 4.13. The van der Waals surface area contributed by atoms with Gasteiger partial charge in [-0.1, -0.05) is 6.07 Å². The first kappa shape index (κ1) is 21.7. The van der Waals surface area contributed by atoms with Gasteiger partial charge < -0.3 is 10.2 Å². The lowest BCUT2D eigenvalue weighted by Gasteiger charge is -2.20. The van der Waals surface area contributed by atoms with E-state index in [9.17, 15) is 31.5 Å². The molecule has 1 aliphatic rings. The number of anilines is 1. The Kier molecular flexibility index (Phi) is 5.33. The van der Waals surface area contributed by atoms with Gasteiger partial charge in [0.05, 0.1) is 11.3 Å². The molecule has 0 spiro atoms. The van der Waals surface area contributed by atoms with Crippen LogP contribution >= 0.6 is 0 Å². The largest absolute Gasteiger partial charge is 0.344 e. The van der Waals surface area contributed by atoms with Crippen LogP contribution in [0, 0.1) is 11.7 Å². The number of hydrogen-bond donors (Lipinski definition) is 2. The maximum absolute atomic E-state index is 14.0. The van der Waals surface area contributed by atoms with E-state index in [4.69, 9.17) is 0 Å². The number of carbonyl (C=O) groups excluding carboxylic acids is 2. The number of aromatic nitrogens is 2. The van der Waals surface area contributed by atoms with Crippen molar-refractivity contribution in [2.45, 2.75) is 31.6 Å². The van der Waals surface area contributed by atoms with Crippen molar-refractivity contribution in [3.8, 4) is 0 Å². The summed E-state index contributed by atoms with van der Waals surface area (Å²) in [5.41, 5.74) is -1.91. The summed E-state index contributed by atoms with van der Waals surface area (Å²) in [4.78, 5) is 26.6. The van der Waals surface area contributed by atoms with Crippen LogP contribution in [0.1, 0.15) is 36.7 Å². The highest BCUT2D eigenvalue weighted by atomic mass is 19.3. The Labute approximate surface area is 168 Å². The van der Waals surface area contributed by atoms with Gasteiger partial charge in [0.1, 0.15) is 17.4 Å². The number of nitrogens with zero attached hydrogens (tertiary/aromatic N) is 2. The van der Waals surface area contributed by atoms with Crippen LogP contribution in [0.4, 0.5) is 27.6 Å². The fourth-order valence-electron chi connectivity index (χ4n) is 3.51. The van der Waals surface area contributed by atoms with Crippen LogP contribution in [-0.4, -0.2) is 40.5 Å². The topological polar surface area (TPSA) is 78.1 Å². The maximum Gasteiger partial charge on any atom is 0.288 e. The average Bonchev–Trinajstić information content (AvgIpc) is 3.19. The van der Waals surface area contributed by atoms with E-state index in [0.29, 0.717) is 13.8 Å². The Morgan fingerprint density at radius 2 is 1.90 bits per heavy atom. The minimum Gasteiger partial charge on any atom is -0.344 e. The van der Waals surface area contributed by atoms with E-state index < -0.39 is 58.3 Å². The molecule has 2 N–H and O–H groups in total. The minimum atomic E-state index is -3.59. The second-order valence-corrected chi connectivity index (χ2v) is 7.44. The van der Waals surface area contributed by atoms with Crippen LogP contribution < -0.4 is 5.32 Å². The van der Waals surface area contributed by atoms with Crippen molar-refractivity contribution in [1.29, 1.82) is 0 Å². The van der Waals surface area contributed by atoms with Crippen molar-refractivity contribution < 1.29 is 31.5 Å². The number of likely N-dealkylation sites (N-methyl/N-ethyl adjacent to an activating group) is 1. The Hall–Kier alpha value is -2.98. The molecule has 3 rings (SSSR count). The number of rotatable bonds is 5. The number of nitrogens with one attached hydrogen (secondary N) is 2. The fraction of sp³-hybridized carbons (Fsp3) is 0.421. The molecule has 30 heavy (non-hydrogen) atoms. The first-order valence-electron chi connectivity index (χ1n) is 8.97. The van der Waals surface area contributed by atoms with Crippen LogP contribution in [0.3, 0.4) is 0 Å². The van der Waals surface area contributed by atoms with E-state index in [1.54, 1.807) is 0 Å². The van der Waals surface area contributed by atoms with Crippen molar-refractivity contribution in [1.82, 2.24) is 15.1 Å². The van der Waals surface area contributed by atoms with Crippen molar-refractivity contribution in [3.63, 3.8) is 0 Å². The number of amides is 2. The molecule has 1 aliphatic heterocycles. The summed E-state index contributed by atoms with van der Waals surface area (Å²) in [7, 11) is 1.42. The first-order valence-corrected chi connectivity index (χ1v) is 8.97. The molecule has 6 nitrogen and oxygen atoms in total. The van der Waals surface area contributed by atoms with Crippen molar-refractivity contribution in [2.75, 3.05) is 18.9 Å². The number of H-pyrrole nitrogens is 1. The molecule has 162 valence electrons. The maximum atomic E-state index is 14.0. The minimum absolute atomic E-state index is 0.0216. The number of alkyl halides is 4. The zero-order valence-corrected chi connectivity index (χ0v) is 16.3. The molecule has 2 atom stereocenters. The molecule has 1 fully saturated rings. The molecular weight excluding hydrogens is 411 g/mol. The average molecular weight is 430 g/mol. The molecule has 0 radical (unpaired) electrons. The lowest BCUT2D eigenvalue weighted by Crippen LogP contribution is -2.33. The third kappa shape index (κ3) is 4.01. The van der Waals surface area contributed by atoms with E-state index >= 15 is 0 Å². The van der Waals surface area contributed by atoms with Crippen LogP contribution in [0.25, 0.3) is 0 Å². The fourth-order valence-corrected chi connectivity index (χ4v) is 3.51. The molecular formula is C19H19F5N4O2. The molecule has 0 aliphatic carbocycles. The van der Waals surface area contributed by atoms with Gasteiger partial charge in [-0.15, -0.1) is 0 Å². The molecule has 0 bridgehead atoms. The SMILES string of the molecule is CN1C[C@H](c2cc(C(C)(F)F)n[nH]2)[C@@H](C(=O)Nc2cccc(F)c2C(C)(F)F)C1=O. The van der Waals surface area contributed by atoms with Crippen LogP contribution in [0.15, 0.2) is 24.3 Å². The highest BCUT2D eigenvalue weighted by Crippen LogP contribution is 2.38. The van der Waals surface area contributed by atoms with Gasteiger partial charge in [0.15, 0.2) is 0 Å². The molecule has 2 heterocycles. The van der Waals surface area contributed by atoms with Crippen LogP contribution in [0.2, 0.25) is 0 Å². The van der Waals surface area contributed by atoms with E-state index in [1.165, 1.54) is 11.9 Å². The van der Waals surface area contributed by atoms with E-state index in [-0.39, 0.29) is 12.2 Å². The van der Waals surface area contributed by atoms with Crippen LogP contribution in [-0.2, 0) is 21.4 Å². The Morgan fingerprint density at radius 3 is 2.47 bits per heavy atom. The molecule has 11 heteroatoms. The summed E-state index contributed by atoms with van der Waals surface area (Å²) >= 11 is 0. The number of benzene rings is 1. The normalized spacial score (nSPS) is 20.0. The lowest BCUT2D eigenvalue weighted by atomic mass is 9.91. The highest BCUT2D eigenvalue weighted by molar-refractivity contribution is 6.08. The predicted octanol–water partition coefficient (Wildman–Crippen LogP) is 3.58. The van der Waals surface area contributed by atoms with Crippen molar-refractivity contribution in [2.24, 2.45) is 5.92 Å². The van der Waals surface area contributed by atoms with E-state index in [0.717, 1.165) is 24.3 Å². The van der Waals surface area contributed by atoms with E-state index in [1.807, 2.05) is 0 Å². The monoisotopic (exact) mass is 430 g/mol. The first-order chi connectivity index (χ1) is 13.8. The standard InChI is InChI=1S/C19H19F5N4O2/c1-18(21,22)13-7-12(26-27-13)9-8-28(3)17(30)14(9)16(29)25-11-6-4-5-10(20)15(11)19(2,23)24/h4-7,9,14H,8H2,1-3H3,(H,25,29)(H,26,27)/t9-,14+/m1/s1. The molecule has 0 unspecified atom stereocenters. The summed E-state index contributed by atoms with van der Waals surface area (Å²) in [5, 5.41) is 8.15. The summed E-state index contributed by atoms with van der Waals surface area (Å²) in [5.74, 6) is -11.9. The van der Waals surface area contributed by atoms with Gasteiger partial charge in [-0.05, 0) is 18.2 Å². The molecule has 1 aromatic carbocycles. The van der Waals surface area contributed by atoms with Gasteiger partial charge in [-0.3, -0.25) is 14.7 Å². The number of carbonyl (C=O) groups is 2. The molecule has 0 saturated carbocycles. The van der Waals surface area contributed by atoms with Gasteiger partial charge in [0.25, 0.3) is 11.8 Å². The molecule has 1 aromatic heterocycles. The summed E-state index contributed by atoms with van der Waals surface area (Å²) in [6.45, 7) is 1.16. The summed E-state index contributed by atoms with van der Waals surface area (Å²) < 4.78 is 68.7. The lowest BCUT2D eigenvalue weighted by molar-refractivity contribution is -0.135. The van der Waals surface area contributed by atoms with Crippen LogP contribution in [0.5, 0.6) is 0 Å². The predicted molar refractivity (Wildman–Crippen MR) is 96.6 cm³/mol. The second kappa shape index (κ2) is 7.37. The number of hydrogen-bond acceptors (Lipinski definition) is 3. The van der Waals surface area contributed by atoms with E-state index in [2.05, 4.69) is 15.5 Å². The zero-order chi connectivity index (χ0) is 22.4. The van der Waals surface area contributed by atoms with Gasteiger partial charge >= 0.3 is 0 Å². The Bertz CT molecular complexity index is 980.